The molecule has 0 aliphatic carbocycles. The highest BCUT2D eigenvalue weighted by molar-refractivity contribution is 5.88. The summed E-state index contributed by atoms with van der Waals surface area (Å²) < 4.78 is 16.7. The molecular weight excluding hydrogens is 444 g/mol. The maximum atomic E-state index is 12.3. The molecule has 0 radical (unpaired) electrons. The summed E-state index contributed by atoms with van der Waals surface area (Å²) in [6.07, 6.45) is -4.89. The number of hydrogen-bond donors (Lipinski definition) is 3. The van der Waals surface area contributed by atoms with Crippen LogP contribution in [0.25, 0.3) is 10.4 Å². The number of hydrogen-bond acceptors (Lipinski definition) is 8. The largest absolute Gasteiger partial charge is 0.457 e. The van der Waals surface area contributed by atoms with Gasteiger partial charge in [-0.3, -0.25) is 4.79 Å². The van der Waals surface area contributed by atoms with Gasteiger partial charge in [0.2, 0.25) is 5.91 Å². The van der Waals surface area contributed by atoms with Crippen molar-refractivity contribution in [2.24, 2.45) is 5.11 Å². The molecule has 1 heterocycles. The molecule has 11 heteroatoms. The van der Waals surface area contributed by atoms with Gasteiger partial charge in [0.25, 0.3) is 0 Å². The summed E-state index contributed by atoms with van der Waals surface area (Å²) in [5.41, 5.74) is 9.08. The smallest absolute Gasteiger partial charge is 0.334 e. The number of ether oxygens (including phenoxy) is 3. The van der Waals surface area contributed by atoms with Crippen LogP contribution in [0.4, 0.5) is 0 Å². The Balaban J connectivity index is 2.29. The molecule has 1 aromatic carbocycles. The van der Waals surface area contributed by atoms with Crippen molar-refractivity contribution < 1.29 is 34.0 Å². The van der Waals surface area contributed by atoms with Crippen LogP contribution in [0.1, 0.15) is 46.0 Å². The van der Waals surface area contributed by atoms with E-state index in [0.717, 1.165) is 0 Å². The number of rotatable bonds is 9. The van der Waals surface area contributed by atoms with Crippen molar-refractivity contribution in [2.75, 3.05) is 6.61 Å². The standard InChI is InChI=1S/C23H32N4O7/c1-13(21(31)34-23(3,4)5)11-16(29)18(25-14(2)28)19(26-27-24)20-17(30)12-32-22(33-20)15-9-7-6-8-10-15/h6-10,16-20,22,29-30H,1,11-12H2,2-5H3,(H,25,28)/t16-,17?,18?,19?,20-,22?/m1/s1. The van der Waals surface area contributed by atoms with Gasteiger partial charge in [0.05, 0.1) is 30.9 Å². The number of azide groups is 1. The molecule has 1 aliphatic rings. The molecule has 0 saturated carbocycles. The van der Waals surface area contributed by atoms with Crippen LogP contribution in [0.15, 0.2) is 47.6 Å². The van der Waals surface area contributed by atoms with Crippen LogP contribution in [0.5, 0.6) is 0 Å². The van der Waals surface area contributed by atoms with E-state index in [4.69, 9.17) is 14.2 Å². The van der Waals surface area contributed by atoms with Crippen LogP contribution >= 0.6 is 0 Å². The first-order valence-electron chi connectivity index (χ1n) is 10.8. The van der Waals surface area contributed by atoms with E-state index < -0.39 is 54.2 Å². The quantitative estimate of drug-likeness (QED) is 0.162. The van der Waals surface area contributed by atoms with Gasteiger partial charge in [-0.05, 0) is 26.3 Å². The highest BCUT2D eigenvalue weighted by Gasteiger charge is 2.43. The summed E-state index contributed by atoms with van der Waals surface area (Å²) in [5.74, 6) is -1.23. The maximum absolute atomic E-state index is 12.3. The minimum Gasteiger partial charge on any atom is -0.457 e. The average Bonchev–Trinajstić information content (AvgIpc) is 2.76. The van der Waals surface area contributed by atoms with Crippen molar-refractivity contribution in [3.8, 4) is 0 Å². The van der Waals surface area contributed by atoms with E-state index in [1.807, 2.05) is 6.07 Å². The van der Waals surface area contributed by atoms with Gasteiger partial charge in [-0.1, -0.05) is 42.0 Å². The molecule has 1 aliphatic heterocycles. The van der Waals surface area contributed by atoms with E-state index in [1.54, 1.807) is 45.0 Å². The lowest BCUT2D eigenvalue weighted by Crippen LogP contribution is -2.58. The summed E-state index contributed by atoms with van der Waals surface area (Å²) in [6, 6.07) is 6.50. The Bertz CT molecular complexity index is 912. The Hall–Kier alpha value is -2.95. The molecule has 1 saturated heterocycles. The highest BCUT2D eigenvalue weighted by atomic mass is 16.7. The lowest BCUT2D eigenvalue weighted by Gasteiger charge is -2.40. The third-order valence-corrected chi connectivity index (χ3v) is 4.97. The molecule has 0 bridgehead atoms. The number of aliphatic hydroxyl groups is 2. The average molecular weight is 477 g/mol. The molecule has 1 fully saturated rings. The number of carbonyl (C=O) groups excluding carboxylic acids is 2. The zero-order valence-corrected chi connectivity index (χ0v) is 19.7. The lowest BCUT2D eigenvalue weighted by molar-refractivity contribution is -0.263. The first-order chi connectivity index (χ1) is 15.9. The van der Waals surface area contributed by atoms with E-state index in [1.165, 1.54) is 6.92 Å². The molecule has 6 atom stereocenters. The number of benzene rings is 1. The van der Waals surface area contributed by atoms with Crippen LogP contribution in [0, 0.1) is 0 Å². The molecule has 0 spiro atoms. The summed E-state index contributed by atoms with van der Waals surface area (Å²) >= 11 is 0. The second kappa shape index (κ2) is 12.0. The van der Waals surface area contributed by atoms with Crippen LogP contribution in [0.2, 0.25) is 0 Å². The zero-order valence-electron chi connectivity index (χ0n) is 19.7. The second-order valence-corrected chi connectivity index (χ2v) is 9.04. The number of aliphatic hydroxyl groups excluding tert-OH is 2. The first kappa shape index (κ1) is 27.3. The third-order valence-electron chi connectivity index (χ3n) is 4.97. The van der Waals surface area contributed by atoms with Gasteiger partial charge in [0, 0.05) is 29.4 Å². The summed E-state index contributed by atoms with van der Waals surface area (Å²) in [4.78, 5) is 27.1. The SMILES string of the molecule is C=C(C[C@@H](O)C(NC(C)=O)C(N=[N+]=[N-])[C@@H]1OC(c2ccccc2)OCC1O)C(=O)OC(C)(C)C. The van der Waals surface area contributed by atoms with Crippen molar-refractivity contribution in [1.82, 2.24) is 5.32 Å². The first-order valence-corrected chi connectivity index (χ1v) is 10.8. The summed E-state index contributed by atoms with van der Waals surface area (Å²) in [6.45, 7) is 9.85. The molecular formula is C23H32N4O7. The molecule has 0 aromatic heterocycles. The van der Waals surface area contributed by atoms with Crippen LogP contribution < -0.4 is 5.32 Å². The lowest BCUT2D eigenvalue weighted by atomic mass is 9.91. The number of carbonyl (C=O) groups is 2. The monoisotopic (exact) mass is 476 g/mol. The fourth-order valence-electron chi connectivity index (χ4n) is 3.50. The molecule has 34 heavy (non-hydrogen) atoms. The van der Waals surface area contributed by atoms with Gasteiger partial charge in [-0.2, -0.15) is 0 Å². The molecule has 1 aromatic rings. The molecule has 186 valence electrons. The van der Waals surface area contributed by atoms with Crippen molar-refractivity contribution in [2.45, 2.75) is 76.4 Å². The van der Waals surface area contributed by atoms with E-state index >= 15 is 0 Å². The van der Waals surface area contributed by atoms with Gasteiger partial charge in [0.1, 0.15) is 11.7 Å². The van der Waals surface area contributed by atoms with E-state index in [9.17, 15) is 25.3 Å². The van der Waals surface area contributed by atoms with Gasteiger partial charge in [-0.15, -0.1) is 0 Å². The van der Waals surface area contributed by atoms with Crippen molar-refractivity contribution in [3.05, 3.63) is 58.5 Å². The highest BCUT2D eigenvalue weighted by Crippen LogP contribution is 2.31. The Kier molecular flexibility index (Phi) is 9.60. The Labute approximate surface area is 198 Å². The Morgan fingerprint density at radius 3 is 2.56 bits per heavy atom. The topological polar surface area (TPSA) is 163 Å². The Morgan fingerprint density at radius 1 is 1.35 bits per heavy atom. The summed E-state index contributed by atoms with van der Waals surface area (Å²) in [5, 5.41) is 27.8. The van der Waals surface area contributed by atoms with Gasteiger partial charge in [-0.25, -0.2) is 4.79 Å². The van der Waals surface area contributed by atoms with Crippen LogP contribution in [-0.4, -0.2) is 64.7 Å². The Morgan fingerprint density at radius 2 is 2.00 bits per heavy atom. The molecule has 4 unspecified atom stereocenters. The fraction of sp³-hybridized carbons (Fsp3) is 0.565. The predicted octanol–water partition coefficient (Wildman–Crippen LogP) is 2.29. The second-order valence-electron chi connectivity index (χ2n) is 9.04. The van der Waals surface area contributed by atoms with E-state index in [0.29, 0.717) is 5.56 Å². The van der Waals surface area contributed by atoms with E-state index in [2.05, 4.69) is 21.9 Å². The van der Waals surface area contributed by atoms with Gasteiger partial charge < -0.3 is 29.7 Å². The molecule has 1 amide bonds. The number of amides is 1. The third kappa shape index (κ3) is 7.82. The molecule has 3 N–H and O–H groups in total. The molecule has 2 rings (SSSR count). The minimum atomic E-state index is -1.41. The zero-order chi connectivity index (χ0) is 25.5. The fourth-order valence-corrected chi connectivity index (χ4v) is 3.50. The molecule has 11 nitrogen and oxygen atoms in total. The van der Waals surface area contributed by atoms with Crippen LogP contribution in [0.3, 0.4) is 0 Å². The van der Waals surface area contributed by atoms with Crippen molar-refractivity contribution >= 4 is 11.9 Å². The predicted molar refractivity (Wildman–Crippen MR) is 122 cm³/mol. The van der Waals surface area contributed by atoms with Crippen LogP contribution in [-0.2, 0) is 23.8 Å². The van der Waals surface area contributed by atoms with Crippen molar-refractivity contribution in [1.29, 1.82) is 0 Å². The maximum Gasteiger partial charge on any atom is 0.334 e. The van der Waals surface area contributed by atoms with E-state index in [-0.39, 0.29) is 18.6 Å². The van der Waals surface area contributed by atoms with Gasteiger partial charge >= 0.3 is 5.97 Å². The minimum absolute atomic E-state index is 0.0342. The summed E-state index contributed by atoms with van der Waals surface area (Å²) in [7, 11) is 0. The number of esters is 1. The van der Waals surface area contributed by atoms with Crippen molar-refractivity contribution in [3.63, 3.8) is 0 Å². The number of nitrogens with one attached hydrogen (secondary N) is 1. The normalized spacial score (nSPS) is 23.1. The van der Waals surface area contributed by atoms with Gasteiger partial charge in [0.15, 0.2) is 6.29 Å². The number of nitrogens with zero attached hydrogens (tertiary/aromatic N) is 3.